The summed E-state index contributed by atoms with van der Waals surface area (Å²) in [6.07, 6.45) is 3.89. The van der Waals surface area contributed by atoms with E-state index in [2.05, 4.69) is 19.1 Å². The molecule has 0 saturated heterocycles. The highest BCUT2D eigenvalue weighted by Crippen LogP contribution is 2.28. The summed E-state index contributed by atoms with van der Waals surface area (Å²) in [7, 11) is 0. The second-order valence-corrected chi connectivity index (χ2v) is 4.48. The molecule has 15 heavy (non-hydrogen) atoms. The summed E-state index contributed by atoms with van der Waals surface area (Å²) < 4.78 is 5.65. The fourth-order valence-electron chi connectivity index (χ4n) is 1.83. The van der Waals surface area contributed by atoms with E-state index in [4.69, 9.17) is 10.5 Å². The van der Waals surface area contributed by atoms with Crippen molar-refractivity contribution in [3.8, 4) is 5.75 Å². The number of nitrogens with two attached hydrogens (primary N) is 1. The minimum Gasteiger partial charge on any atom is -0.492 e. The Labute approximate surface area is 91.4 Å². The van der Waals surface area contributed by atoms with Gasteiger partial charge >= 0.3 is 0 Å². The van der Waals surface area contributed by atoms with Crippen LogP contribution in [-0.4, -0.2) is 12.6 Å². The molecule has 82 valence electrons. The zero-order valence-corrected chi connectivity index (χ0v) is 9.28. The van der Waals surface area contributed by atoms with Gasteiger partial charge in [0.15, 0.2) is 0 Å². The Balaban J connectivity index is 1.79. The van der Waals surface area contributed by atoms with Gasteiger partial charge in [0.2, 0.25) is 0 Å². The largest absolute Gasteiger partial charge is 0.492 e. The van der Waals surface area contributed by atoms with E-state index in [1.807, 2.05) is 12.1 Å². The molecule has 2 N–H and O–H groups in total. The second kappa shape index (κ2) is 4.67. The highest BCUT2D eigenvalue weighted by Gasteiger charge is 2.24. The third-order valence-electron chi connectivity index (χ3n) is 3.22. The highest BCUT2D eigenvalue weighted by atomic mass is 16.5. The molecule has 0 spiro atoms. The Morgan fingerprint density at radius 2 is 2.00 bits per heavy atom. The van der Waals surface area contributed by atoms with Crippen LogP contribution in [0.5, 0.6) is 5.75 Å². The van der Waals surface area contributed by atoms with Gasteiger partial charge in [0, 0.05) is 6.04 Å². The van der Waals surface area contributed by atoms with Crippen molar-refractivity contribution in [2.75, 3.05) is 6.61 Å². The predicted octanol–water partition coefficient (Wildman–Crippen LogP) is 2.50. The normalized spacial score (nSPS) is 18.3. The molecule has 0 amide bonds. The molecule has 2 rings (SSSR count). The van der Waals surface area contributed by atoms with Crippen LogP contribution < -0.4 is 10.5 Å². The van der Waals surface area contributed by atoms with Crippen LogP contribution in [0.4, 0.5) is 0 Å². The molecule has 0 bridgehead atoms. The van der Waals surface area contributed by atoms with E-state index in [0.29, 0.717) is 12.5 Å². The number of ether oxygens (including phenoxy) is 1. The topological polar surface area (TPSA) is 35.2 Å². The summed E-state index contributed by atoms with van der Waals surface area (Å²) in [5.74, 6) is 1.62. The Morgan fingerprint density at radius 3 is 2.53 bits per heavy atom. The summed E-state index contributed by atoms with van der Waals surface area (Å²) in [5, 5.41) is 0. The van der Waals surface area contributed by atoms with Crippen molar-refractivity contribution in [1.82, 2.24) is 0 Å². The fraction of sp³-hybridized carbons (Fsp3) is 0.538. The molecule has 1 aromatic rings. The van der Waals surface area contributed by atoms with Gasteiger partial charge in [0.05, 0.1) is 0 Å². The number of hydrogen-bond donors (Lipinski definition) is 1. The SMILES string of the molecule is Cc1ccc(OCC(N)C2CCC2)cc1. The number of benzene rings is 1. The van der Waals surface area contributed by atoms with Crippen molar-refractivity contribution in [1.29, 1.82) is 0 Å². The fourth-order valence-corrected chi connectivity index (χ4v) is 1.83. The monoisotopic (exact) mass is 205 g/mol. The van der Waals surface area contributed by atoms with Crippen LogP contribution in [0.2, 0.25) is 0 Å². The Hall–Kier alpha value is -1.02. The van der Waals surface area contributed by atoms with Crippen molar-refractivity contribution in [3.63, 3.8) is 0 Å². The summed E-state index contributed by atoms with van der Waals surface area (Å²) in [6, 6.07) is 8.33. The van der Waals surface area contributed by atoms with Gasteiger partial charge in [-0.1, -0.05) is 24.1 Å². The molecule has 0 aromatic heterocycles. The van der Waals surface area contributed by atoms with E-state index in [1.54, 1.807) is 0 Å². The van der Waals surface area contributed by atoms with Gasteiger partial charge in [-0.25, -0.2) is 0 Å². The number of aryl methyl sites for hydroxylation is 1. The van der Waals surface area contributed by atoms with Crippen molar-refractivity contribution >= 4 is 0 Å². The molecule has 2 nitrogen and oxygen atoms in total. The molecular formula is C13H19NO. The zero-order chi connectivity index (χ0) is 10.7. The molecule has 1 atom stereocenters. The Kier molecular flexibility index (Phi) is 3.27. The van der Waals surface area contributed by atoms with E-state index in [0.717, 1.165) is 5.75 Å². The van der Waals surface area contributed by atoms with Crippen LogP contribution in [0.25, 0.3) is 0 Å². The summed E-state index contributed by atoms with van der Waals surface area (Å²) in [5.41, 5.74) is 7.29. The smallest absolute Gasteiger partial charge is 0.119 e. The van der Waals surface area contributed by atoms with Gasteiger partial charge in [-0.15, -0.1) is 0 Å². The lowest BCUT2D eigenvalue weighted by Gasteiger charge is -2.30. The average Bonchev–Trinajstić information content (AvgIpc) is 2.14. The van der Waals surface area contributed by atoms with Crippen molar-refractivity contribution in [2.24, 2.45) is 11.7 Å². The maximum atomic E-state index is 6.03. The van der Waals surface area contributed by atoms with E-state index in [-0.39, 0.29) is 6.04 Å². The third kappa shape index (κ3) is 2.72. The van der Waals surface area contributed by atoms with Gasteiger partial charge < -0.3 is 10.5 Å². The Bertz CT molecular complexity index is 303. The molecule has 1 unspecified atom stereocenters. The minimum atomic E-state index is 0.208. The lowest BCUT2D eigenvalue weighted by atomic mass is 9.80. The first-order valence-electron chi connectivity index (χ1n) is 5.71. The van der Waals surface area contributed by atoms with E-state index in [9.17, 15) is 0 Å². The summed E-state index contributed by atoms with van der Waals surface area (Å²) >= 11 is 0. The van der Waals surface area contributed by atoms with Crippen molar-refractivity contribution in [3.05, 3.63) is 29.8 Å². The Morgan fingerprint density at radius 1 is 1.33 bits per heavy atom. The number of hydrogen-bond acceptors (Lipinski definition) is 2. The summed E-state index contributed by atoms with van der Waals surface area (Å²) in [6.45, 7) is 2.72. The zero-order valence-electron chi connectivity index (χ0n) is 9.28. The third-order valence-corrected chi connectivity index (χ3v) is 3.22. The van der Waals surface area contributed by atoms with Crippen molar-refractivity contribution in [2.45, 2.75) is 32.2 Å². The predicted molar refractivity (Wildman–Crippen MR) is 62.0 cm³/mol. The second-order valence-electron chi connectivity index (χ2n) is 4.48. The number of rotatable bonds is 4. The molecule has 2 heteroatoms. The molecule has 0 radical (unpaired) electrons. The maximum Gasteiger partial charge on any atom is 0.119 e. The molecule has 1 aliphatic rings. The molecule has 1 saturated carbocycles. The first-order chi connectivity index (χ1) is 7.25. The molecule has 0 aliphatic heterocycles. The lowest BCUT2D eigenvalue weighted by molar-refractivity contribution is 0.189. The summed E-state index contributed by atoms with van der Waals surface area (Å²) in [4.78, 5) is 0. The van der Waals surface area contributed by atoms with E-state index >= 15 is 0 Å². The standard InChI is InChI=1S/C13H19NO/c1-10-5-7-12(8-6-10)15-9-13(14)11-3-2-4-11/h5-8,11,13H,2-4,9,14H2,1H3. The van der Waals surface area contributed by atoms with Crippen LogP contribution in [0.15, 0.2) is 24.3 Å². The quantitative estimate of drug-likeness (QED) is 0.819. The molecular weight excluding hydrogens is 186 g/mol. The molecule has 0 heterocycles. The van der Waals surface area contributed by atoms with E-state index < -0.39 is 0 Å². The first kappa shape index (κ1) is 10.5. The average molecular weight is 205 g/mol. The minimum absolute atomic E-state index is 0.208. The molecule has 1 fully saturated rings. The van der Waals surface area contributed by atoms with Crippen molar-refractivity contribution < 1.29 is 4.74 Å². The van der Waals surface area contributed by atoms with Crippen LogP contribution >= 0.6 is 0 Å². The van der Waals surface area contributed by atoms with E-state index in [1.165, 1.54) is 24.8 Å². The molecule has 1 aromatic carbocycles. The van der Waals surface area contributed by atoms with Crippen LogP contribution in [0.1, 0.15) is 24.8 Å². The van der Waals surface area contributed by atoms with Gasteiger partial charge in [0.1, 0.15) is 12.4 Å². The van der Waals surface area contributed by atoms with Gasteiger partial charge in [-0.05, 0) is 37.8 Å². The van der Waals surface area contributed by atoms with Crippen LogP contribution in [-0.2, 0) is 0 Å². The van der Waals surface area contributed by atoms with Crippen LogP contribution in [0.3, 0.4) is 0 Å². The maximum absolute atomic E-state index is 6.03. The first-order valence-corrected chi connectivity index (χ1v) is 5.71. The molecule has 1 aliphatic carbocycles. The van der Waals surface area contributed by atoms with Crippen LogP contribution in [0, 0.1) is 12.8 Å². The van der Waals surface area contributed by atoms with Gasteiger partial charge in [0.25, 0.3) is 0 Å². The van der Waals surface area contributed by atoms with Gasteiger partial charge in [-0.3, -0.25) is 0 Å². The lowest BCUT2D eigenvalue weighted by Crippen LogP contribution is -2.39. The highest BCUT2D eigenvalue weighted by molar-refractivity contribution is 5.26. The van der Waals surface area contributed by atoms with Gasteiger partial charge in [-0.2, -0.15) is 0 Å².